The molecular weight excluding hydrogens is 384 g/mol. The summed E-state index contributed by atoms with van der Waals surface area (Å²) in [6.45, 7) is 0. The summed E-state index contributed by atoms with van der Waals surface area (Å²) in [5, 5.41) is 0. The van der Waals surface area contributed by atoms with Gasteiger partial charge in [-0.2, -0.15) is 0 Å². The van der Waals surface area contributed by atoms with Crippen molar-refractivity contribution in [1.82, 2.24) is 0 Å². The van der Waals surface area contributed by atoms with Gasteiger partial charge in [0.25, 0.3) is 0 Å². The molecule has 0 radical (unpaired) electrons. The number of allylic oxidation sites excluding steroid dienone is 8. The molecule has 0 fully saturated rings. The molecule has 0 nitrogen and oxygen atoms in total. The van der Waals surface area contributed by atoms with Gasteiger partial charge < -0.3 is 0 Å². The highest BCUT2D eigenvalue weighted by atomic mass is 14.0. The van der Waals surface area contributed by atoms with Gasteiger partial charge in [0.15, 0.2) is 0 Å². The van der Waals surface area contributed by atoms with Crippen LogP contribution in [0.15, 0.2) is 48.6 Å². The molecule has 0 heterocycles. The second-order valence-corrected chi connectivity index (χ2v) is 9.98. The number of hydrogen-bond acceptors (Lipinski definition) is 0. The largest absolute Gasteiger partial charge is 0.0845 e. The molecule has 0 spiro atoms. The van der Waals surface area contributed by atoms with Gasteiger partial charge in [0, 0.05) is 0 Å². The summed E-state index contributed by atoms with van der Waals surface area (Å²) < 4.78 is 0. The van der Waals surface area contributed by atoms with Crippen molar-refractivity contribution in [2.24, 2.45) is 0 Å². The highest BCUT2D eigenvalue weighted by Crippen LogP contribution is 2.15. The van der Waals surface area contributed by atoms with E-state index in [1.165, 1.54) is 154 Å². The molecule has 1 aliphatic rings. The number of hydrogen-bond donors (Lipinski definition) is 0. The van der Waals surface area contributed by atoms with Crippen LogP contribution >= 0.6 is 0 Å². The molecule has 1 aliphatic carbocycles. The predicted octanol–water partition coefficient (Wildman–Crippen LogP) is 11.6. The molecule has 0 heteroatoms. The van der Waals surface area contributed by atoms with Gasteiger partial charge in [0.2, 0.25) is 0 Å². The quantitative estimate of drug-likeness (QED) is 0.351. The van der Waals surface area contributed by atoms with E-state index in [1.807, 2.05) is 0 Å². The lowest BCUT2D eigenvalue weighted by atomic mass is 10.0. The maximum absolute atomic E-state index is 2.32. The minimum Gasteiger partial charge on any atom is -0.0845 e. The van der Waals surface area contributed by atoms with Gasteiger partial charge in [-0.25, -0.2) is 0 Å². The highest BCUT2D eigenvalue weighted by Gasteiger charge is 1.96. The Morgan fingerprint density at radius 3 is 0.625 bits per heavy atom. The van der Waals surface area contributed by atoms with E-state index < -0.39 is 0 Å². The van der Waals surface area contributed by atoms with Gasteiger partial charge in [0.05, 0.1) is 0 Å². The minimum absolute atomic E-state index is 1.23. The Labute approximate surface area is 202 Å². The van der Waals surface area contributed by atoms with E-state index in [0.29, 0.717) is 0 Å². The molecule has 1 rings (SSSR count). The zero-order valence-corrected chi connectivity index (χ0v) is 21.6. The molecule has 32 heavy (non-hydrogen) atoms. The molecule has 0 amide bonds. The van der Waals surface area contributed by atoms with Crippen LogP contribution in [-0.4, -0.2) is 0 Å². The van der Waals surface area contributed by atoms with Gasteiger partial charge >= 0.3 is 0 Å². The van der Waals surface area contributed by atoms with E-state index in [4.69, 9.17) is 0 Å². The topological polar surface area (TPSA) is 0 Å². The van der Waals surface area contributed by atoms with Gasteiger partial charge in [0.1, 0.15) is 0 Å². The van der Waals surface area contributed by atoms with Crippen LogP contribution in [0, 0.1) is 0 Å². The van der Waals surface area contributed by atoms with E-state index in [0.717, 1.165) is 0 Å². The van der Waals surface area contributed by atoms with Crippen molar-refractivity contribution in [3.8, 4) is 0 Å². The average molecular weight is 441 g/mol. The van der Waals surface area contributed by atoms with E-state index in [-0.39, 0.29) is 0 Å². The van der Waals surface area contributed by atoms with Crippen molar-refractivity contribution in [2.45, 2.75) is 154 Å². The van der Waals surface area contributed by atoms with Crippen LogP contribution in [0.4, 0.5) is 0 Å². The molecule has 0 unspecified atom stereocenters. The first-order valence-electron chi connectivity index (χ1n) is 14.6. The van der Waals surface area contributed by atoms with Crippen LogP contribution in [0.3, 0.4) is 0 Å². The van der Waals surface area contributed by atoms with Crippen molar-refractivity contribution in [3.05, 3.63) is 48.6 Å². The smallest absolute Gasteiger partial charge is 0.0348 e. The molecule has 0 aromatic heterocycles. The molecule has 0 aliphatic heterocycles. The fourth-order valence-corrected chi connectivity index (χ4v) is 4.67. The van der Waals surface area contributed by atoms with Crippen LogP contribution < -0.4 is 0 Å². The maximum atomic E-state index is 2.32. The van der Waals surface area contributed by atoms with Crippen molar-refractivity contribution >= 4 is 0 Å². The Hall–Kier alpha value is -1.04. The second kappa shape index (κ2) is 26.2. The Kier molecular flexibility index (Phi) is 23.8. The van der Waals surface area contributed by atoms with E-state index in [2.05, 4.69) is 48.6 Å². The first kappa shape index (κ1) is 29.0. The Morgan fingerprint density at radius 2 is 0.375 bits per heavy atom. The molecule has 0 bridgehead atoms. The predicted molar refractivity (Wildman–Crippen MR) is 147 cm³/mol. The average Bonchev–Trinajstić information content (AvgIpc) is 2.80. The van der Waals surface area contributed by atoms with E-state index in [1.54, 1.807) is 0 Å². The molecule has 0 atom stereocenters. The highest BCUT2D eigenvalue weighted by molar-refractivity contribution is 5.15. The summed E-state index contributed by atoms with van der Waals surface area (Å²) in [4.78, 5) is 0. The summed E-state index contributed by atoms with van der Waals surface area (Å²) in [5.74, 6) is 0. The van der Waals surface area contributed by atoms with Gasteiger partial charge in [-0.15, -0.1) is 0 Å². The lowest BCUT2D eigenvalue weighted by Crippen LogP contribution is -1.84. The molecule has 184 valence electrons. The van der Waals surface area contributed by atoms with Crippen LogP contribution in [-0.2, 0) is 0 Å². The van der Waals surface area contributed by atoms with Crippen LogP contribution in [0.5, 0.6) is 0 Å². The third-order valence-electron chi connectivity index (χ3n) is 6.82. The first-order valence-corrected chi connectivity index (χ1v) is 14.6. The second-order valence-electron chi connectivity index (χ2n) is 9.98. The van der Waals surface area contributed by atoms with Crippen LogP contribution in [0.25, 0.3) is 0 Å². The third-order valence-corrected chi connectivity index (χ3v) is 6.82. The van der Waals surface area contributed by atoms with Crippen LogP contribution in [0.1, 0.15) is 154 Å². The number of rotatable bonds is 0. The lowest BCUT2D eigenvalue weighted by Gasteiger charge is -2.04. The zero-order chi connectivity index (χ0) is 22.6. The minimum atomic E-state index is 1.23. The van der Waals surface area contributed by atoms with E-state index >= 15 is 0 Å². The SMILES string of the molecule is C1=C/C=C\CCCCCCCCCCCCCCCCCCCCCCCC/C=C\C=C1. The third kappa shape index (κ3) is 23.6. The molecule has 0 N–H and O–H groups in total. The van der Waals surface area contributed by atoms with Gasteiger partial charge in [-0.1, -0.05) is 177 Å². The lowest BCUT2D eigenvalue weighted by molar-refractivity contribution is 0.518. The molecular formula is C32H56. The fraction of sp³-hybridized carbons (Fsp3) is 0.750. The van der Waals surface area contributed by atoms with Gasteiger partial charge in [-0.3, -0.25) is 0 Å². The van der Waals surface area contributed by atoms with Crippen molar-refractivity contribution in [3.63, 3.8) is 0 Å². The molecule has 0 saturated carbocycles. The summed E-state index contributed by atoms with van der Waals surface area (Å²) in [7, 11) is 0. The standard InChI is InChI=1S/C32H56/c1-2-4-6-8-10-12-14-16-18-20-22-24-26-28-30-32-31-29-27-25-23-21-19-17-15-13-11-9-7-5-3-1/h1-8H,9-32H2/b3-1?,4-2?,7-5-,8-6-. The molecule has 0 aromatic carbocycles. The Bertz CT molecular complexity index is 420. The summed E-state index contributed by atoms with van der Waals surface area (Å²) in [5.41, 5.74) is 0. The Balaban J connectivity index is 2.14. The molecule has 0 aromatic rings. The maximum Gasteiger partial charge on any atom is -0.0348 e. The van der Waals surface area contributed by atoms with Crippen LogP contribution in [0.2, 0.25) is 0 Å². The zero-order valence-electron chi connectivity index (χ0n) is 21.6. The summed E-state index contributed by atoms with van der Waals surface area (Å²) in [6.07, 6.45) is 52.0. The summed E-state index contributed by atoms with van der Waals surface area (Å²) >= 11 is 0. The van der Waals surface area contributed by atoms with Crippen molar-refractivity contribution < 1.29 is 0 Å². The van der Waals surface area contributed by atoms with Crippen molar-refractivity contribution in [2.75, 3.05) is 0 Å². The Morgan fingerprint density at radius 1 is 0.188 bits per heavy atom. The fourth-order valence-electron chi connectivity index (χ4n) is 4.67. The summed E-state index contributed by atoms with van der Waals surface area (Å²) in [6, 6.07) is 0. The monoisotopic (exact) mass is 440 g/mol. The van der Waals surface area contributed by atoms with Crippen molar-refractivity contribution in [1.29, 1.82) is 0 Å². The normalized spacial score (nSPS) is 24.0. The molecule has 0 saturated heterocycles. The van der Waals surface area contributed by atoms with E-state index in [9.17, 15) is 0 Å². The van der Waals surface area contributed by atoms with Gasteiger partial charge in [-0.05, 0) is 25.7 Å². The first-order chi connectivity index (χ1) is 16.0.